The first-order chi connectivity index (χ1) is 8.38. The number of rotatable bonds is 2. The molecule has 0 saturated heterocycles. The number of hydrogen-bond donors (Lipinski definition) is 1. The smallest absolute Gasteiger partial charge is 0.126 e. The number of nitrogens with one attached hydrogen (secondary N) is 1. The van der Waals surface area contributed by atoms with E-state index in [9.17, 15) is 0 Å². The van der Waals surface area contributed by atoms with E-state index in [2.05, 4.69) is 29.6 Å². The zero-order valence-electron chi connectivity index (χ0n) is 9.86. The predicted octanol–water partition coefficient (Wildman–Crippen LogP) is 2.97. The van der Waals surface area contributed by atoms with Gasteiger partial charge in [0.1, 0.15) is 5.75 Å². The highest BCUT2D eigenvalue weighted by Gasteiger charge is 2.12. The lowest BCUT2D eigenvalue weighted by molar-refractivity contribution is 0.416. The van der Waals surface area contributed by atoms with Crippen LogP contribution in [-0.4, -0.2) is 7.11 Å². The van der Waals surface area contributed by atoms with Crippen molar-refractivity contribution in [3.05, 3.63) is 53.6 Å². The van der Waals surface area contributed by atoms with Gasteiger partial charge in [-0.15, -0.1) is 0 Å². The Hall–Kier alpha value is -1.80. The Morgan fingerprint density at radius 3 is 2.71 bits per heavy atom. The molecule has 86 valence electrons. The minimum absolute atomic E-state index is 0.929. The van der Waals surface area contributed by atoms with Crippen molar-refractivity contribution in [1.82, 2.24) is 5.32 Å². The average Bonchev–Trinajstić information content (AvgIpc) is 2.85. The predicted molar refractivity (Wildman–Crippen MR) is 69.0 cm³/mol. The molecule has 0 aromatic heterocycles. The van der Waals surface area contributed by atoms with Gasteiger partial charge in [0, 0.05) is 18.7 Å². The molecular weight excluding hydrogens is 210 g/mol. The summed E-state index contributed by atoms with van der Waals surface area (Å²) in [5.41, 5.74) is 5.19. The average molecular weight is 225 g/mol. The zero-order valence-corrected chi connectivity index (χ0v) is 9.86. The van der Waals surface area contributed by atoms with E-state index in [0.717, 1.165) is 24.4 Å². The summed E-state index contributed by atoms with van der Waals surface area (Å²) in [4.78, 5) is 0. The van der Waals surface area contributed by atoms with E-state index >= 15 is 0 Å². The molecular formula is C15H15NO. The van der Waals surface area contributed by atoms with Crippen molar-refractivity contribution in [1.29, 1.82) is 0 Å². The van der Waals surface area contributed by atoms with Crippen LogP contribution in [-0.2, 0) is 13.1 Å². The van der Waals surface area contributed by atoms with E-state index in [0.29, 0.717) is 0 Å². The highest BCUT2D eigenvalue weighted by atomic mass is 16.5. The molecule has 1 aliphatic rings. The van der Waals surface area contributed by atoms with Gasteiger partial charge in [-0.05, 0) is 28.8 Å². The molecule has 0 aliphatic carbocycles. The van der Waals surface area contributed by atoms with Crippen LogP contribution < -0.4 is 10.1 Å². The summed E-state index contributed by atoms with van der Waals surface area (Å²) in [5.74, 6) is 0.929. The Labute approximate surface area is 101 Å². The zero-order chi connectivity index (χ0) is 11.7. The number of hydrogen-bond acceptors (Lipinski definition) is 2. The Kier molecular flexibility index (Phi) is 2.57. The molecule has 0 spiro atoms. The van der Waals surface area contributed by atoms with E-state index in [-0.39, 0.29) is 0 Å². The Balaban J connectivity index is 2.09. The largest absolute Gasteiger partial charge is 0.496 e. The minimum atomic E-state index is 0.929. The lowest BCUT2D eigenvalue weighted by Gasteiger charge is -2.09. The number of benzene rings is 2. The molecule has 2 aromatic carbocycles. The summed E-state index contributed by atoms with van der Waals surface area (Å²) in [6, 6.07) is 14.8. The van der Waals surface area contributed by atoms with Gasteiger partial charge in [-0.1, -0.05) is 30.3 Å². The van der Waals surface area contributed by atoms with Crippen LogP contribution >= 0.6 is 0 Å². The van der Waals surface area contributed by atoms with Gasteiger partial charge >= 0.3 is 0 Å². The normalized spacial score (nSPS) is 13.5. The van der Waals surface area contributed by atoms with E-state index < -0.39 is 0 Å². The first-order valence-corrected chi connectivity index (χ1v) is 5.84. The number of methoxy groups -OCH3 is 1. The lowest BCUT2D eigenvalue weighted by Crippen LogP contribution is -1.99. The van der Waals surface area contributed by atoms with Crippen LogP contribution in [0.3, 0.4) is 0 Å². The van der Waals surface area contributed by atoms with Crippen molar-refractivity contribution in [2.24, 2.45) is 0 Å². The van der Waals surface area contributed by atoms with E-state index in [4.69, 9.17) is 4.74 Å². The molecule has 0 bridgehead atoms. The molecule has 1 aliphatic heterocycles. The molecule has 0 radical (unpaired) electrons. The van der Waals surface area contributed by atoms with Crippen LogP contribution in [0.4, 0.5) is 0 Å². The van der Waals surface area contributed by atoms with Gasteiger partial charge in [0.15, 0.2) is 0 Å². The second-order valence-electron chi connectivity index (χ2n) is 4.29. The van der Waals surface area contributed by atoms with Crippen LogP contribution in [0.5, 0.6) is 5.75 Å². The van der Waals surface area contributed by atoms with Gasteiger partial charge in [-0.3, -0.25) is 0 Å². The summed E-state index contributed by atoms with van der Waals surface area (Å²) >= 11 is 0. The lowest BCUT2D eigenvalue weighted by atomic mass is 10.00. The third-order valence-electron chi connectivity index (χ3n) is 3.26. The van der Waals surface area contributed by atoms with Gasteiger partial charge in [-0.2, -0.15) is 0 Å². The molecule has 0 unspecified atom stereocenters. The second kappa shape index (κ2) is 4.22. The van der Waals surface area contributed by atoms with Gasteiger partial charge in [0.05, 0.1) is 7.11 Å². The third kappa shape index (κ3) is 1.81. The molecule has 2 aromatic rings. The van der Waals surface area contributed by atoms with Gasteiger partial charge in [-0.25, -0.2) is 0 Å². The Bertz CT molecular complexity index is 548. The minimum Gasteiger partial charge on any atom is -0.496 e. The summed E-state index contributed by atoms with van der Waals surface area (Å²) < 4.78 is 5.40. The first kappa shape index (κ1) is 10.4. The molecule has 17 heavy (non-hydrogen) atoms. The van der Waals surface area contributed by atoms with Crippen molar-refractivity contribution in [2.45, 2.75) is 13.1 Å². The van der Waals surface area contributed by atoms with Crippen molar-refractivity contribution in [3.63, 3.8) is 0 Å². The fraction of sp³-hybridized carbons (Fsp3) is 0.200. The Morgan fingerprint density at radius 1 is 1.00 bits per heavy atom. The van der Waals surface area contributed by atoms with Crippen molar-refractivity contribution in [3.8, 4) is 16.9 Å². The molecule has 2 nitrogen and oxygen atoms in total. The van der Waals surface area contributed by atoms with Crippen molar-refractivity contribution < 1.29 is 4.74 Å². The number of ether oxygens (including phenoxy) is 1. The summed E-state index contributed by atoms with van der Waals surface area (Å²) in [7, 11) is 1.72. The van der Waals surface area contributed by atoms with Crippen LogP contribution in [0, 0.1) is 0 Å². The summed E-state index contributed by atoms with van der Waals surface area (Å²) in [5, 5.41) is 3.36. The van der Waals surface area contributed by atoms with E-state index in [1.54, 1.807) is 7.11 Å². The van der Waals surface area contributed by atoms with Crippen LogP contribution in [0.1, 0.15) is 11.1 Å². The SMILES string of the molecule is COc1ccccc1-c1ccc2c(c1)CNC2. The van der Waals surface area contributed by atoms with Crippen molar-refractivity contribution >= 4 is 0 Å². The molecule has 0 amide bonds. The van der Waals surface area contributed by atoms with Crippen molar-refractivity contribution in [2.75, 3.05) is 7.11 Å². The summed E-state index contributed by atoms with van der Waals surface area (Å²) in [6.07, 6.45) is 0. The molecule has 1 heterocycles. The fourth-order valence-corrected chi connectivity index (χ4v) is 2.35. The third-order valence-corrected chi connectivity index (χ3v) is 3.26. The van der Waals surface area contributed by atoms with Crippen LogP contribution in [0.15, 0.2) is 42.5 Å². The molecule has 3 rings (SSSR count). The van der Waals surface area contributed by atoms with Crippen LogP contribution in [0.2, 0.25) is 0 Å². The number of fused-ring (bicyclic) bond motifs is 1. The molecule has 1 N–H and O–H groups in total. The standard InChI is InChI=1S/C15H15NO/c1-17-15-5-3-2-4-14(15)11-6-7-12-9-16-10-13(12)8-11/h2-8,16H,9-10H2,1H3. The highest BCUT2D eigenvalue weighted by molar-refractivity contribution is 5.71. The van der Waals surface area contributed by atoms with Crippen LogP contribution in [0.25, 0.3) is 11.1 Å². The monoisotopic (exact) mass is 225 g/mol. The quantitative estimate of drug-likeness (QED) is 0.848. The number of para-hydroxylation sites is 1. The van der Waals surface area contributed by atoms with Gasteiger partial charge < -0.3 is 10.1 Å². The van der Waals surface area contributed by atoms with E-state index in [1.165, 1.54) is 16.7 Å². The molecule has 0 fully saturated rings. The molecule has 0 saturated carbocycles. The summed E-state index contributed by atoms with van der Waals surface area (Å²) in [6.45, 7) is 1.96. The topological polar surface area (TPSA) is 21.3 Å². The van der Waals surface area contributed by atoms with Gasteiger partial charge in [0.2, 0.25) is 0 Å². The molecule has 2 heteroatoms. The highest BCUT2D eigenvalue weighted by Crippen LogP contribution is 2.31. The van der Waals surface area contributed by atoms with Gasteiger partial charge in [0.25, 0.3) is 0 Å². The first-order valence-electron chi connectivity index (χ1n) is 5.84. The Morgan fingerprint density at radius 2 is 1.82 bits per heavy atom. The maximum absolute atomic E-state index is 5.40. The maximum Gasteiger partial charge on any atom is 0.126 e. The molecule has 0 atom stereocenters. The fourth-order valence-electron chi connectivity index (χ4n) is 2.35. The second-order valence-corrected chi connectivity index (χ2v) is 4.29. The van der Waals surface area contributed by atoms with E-state index in [1.807, 2.05) is 18.2 Å². The maximum atomic E-state index is 5.40.